The van der Waals surface area contributed by atoms with Gasteiger partial charge in [0.1, 0.15) is 5.82 Å². The summed E-state index contributed by atoms with van der Waals surface area (Å²) >= 11 is 0. The first kappa shape index (κ1) is 13.8. The summed E-state index contributed by atoms with van der Waals surface area (Å²) in [6.07, 6.45) is 1.51. The molecule has 6 heteroatoms. The van der Waals surface area contributed by atoms with Crippen molar-refractivity contribution in [1.82, 2.24) is 15.6 Å². The molecule has 2 aromatic rings. The van der Waals surface area contributed by atoms with E-state index in [4.69, 9.17) is 0 Å². The Bertz CT molecular complexity index is 655. The molecule has 0 aliphatic carbocycles. The first-order valence-electron chi connectivity index (χ1n) is 6.21. The summed E-state index contributed by atoms with van der Waals surface area (Å²) in [5.41, 5.74) is 0.448. The zero-order chi connectivity index (χ0) is 14.5. The maximum atomic E-state index is 12.1. The lowest BCUT2D eigenvalue weighted by Gasteiger charge is -2.10. The van der Waals surface area contributed by atoms with E-state index < -0.39 is 0 Å². The van der Waals surface area contributed by atoms with Crippen LogP contribution in [0, 0.1) is 0 Å². The lowest BCUT2D eigenvalue weighted by atomic mass is 10.1. The van der Waals surface area contributed by atoms with Crippen LogP contribution in [0.15, 0.2) is 30.5 Å². The van der Waals surface area contributed by atoms with Crippen LogP contribution >= 0.6 is 0 Å². The number of hydrogen-bond acceptors (Lipinski definition) is 4. The molecule has 0 saturated heterocycles. The van der Waals surface area contributed by atoms with Crippen LogP contribution in [-0.4, -0.2) is 37.4 Å². The fourth-order valence-electron chi connectivity index (χ4n) is 1.92. The van der Waals surface area contributed by atoms with Crippen molar-refractivity contribution in [2.75, 3.05) is 26.0 Å². The molecular weight excluding hydrogens is 256 g/mol. The number of carbonyl (C=O) groups excluding carboxylic acids is 2. The van der Waals surface area contributed by atoms with E-state index >= 15 is 0 Å². The van der Waals surface area contributed by atoms with E-state index in [1.807, 2.05) is 24.3 Å². The van der Waals surface area contributed by atoms with E-state index in [0.717, 1.165) is 10.8 Å². The first-order chi connectivity index (χ1) is 9.67. The number of carbonyl (C=O) groups is 2. The van der Waals surface area contributed by atoms with Crippen molar-refractivity contribution in [1.29, 1.82) is 0 Å². The quantitative estimate of drug-likeness (QED) is 0.767. The second-order valence-electron chi connectivity index (χ2n) is 4.17. The number of anilines is 1. The van der Waals surface area contributed by atoms with Gasteiger partial charge < -0.3 is 16.0 Å². The minimum atomic E-state index is -0.319. The normalized spacial score (nSPS) is 10.1. The van der Waals surface area contributed by atoms with Crippen molar-refractivity contribution in [3.05, 3.63) is 36.0 Å². The van der Waals surface area contributed by atoms with Gasteiger partial charge in [0.25, 0.3) is 5.91 Å². The predicted molar refractivity (Wildman–Crippen MR) is 77.7 cm³/mol. The standard InChI is InChI=1S/C14H16N4O2/c1-15-12(19)8-18-14(20)11-7-17-13(16-2)10-6-4-3-5-9(10)11/h3-7H,8H2,1-2H3,(H,15,19)(H,16,17)(H,18,20). The number of amides is 2. The van der Waals surface area contributed by atoms with Crippen molar-refractivity contribution in [2.24, 2.45) is 0 Å². The minimum Gasteiger partial charge on any atom is -0.373 e. The topological polar surface area (TPSA) is 83.1 Å². The molecule has 0 spiro atoms. The molecule has 0 radical (unpaired) electrons. The third-order valence-electron chi connectivity index (χ3n) is 2.96. The summed E-state index contributed by atoms with van der Waals surface area (Å²) in [5, 5.41) is 9.66. The molecule has 3 N–H and O–H groups in total. The van der Waals surface area contributed by atoms with Gasteiger partial charge >= 0.3 is 0 Å². The molecular formula is C14H16N4O2. The van der Waals surface area contributed by atoms with Crippen LogP contribution < -0.4 is 16.0 Å². The molecule has 1 heterocycles. The zero-order valence-electron chi connectivity index (χ0n) is 11.4. The fourth-order valence-corrected chi connectivity index (χ4v) is 1.92. The van der Waals surface area contributed by atoms with Gasteiger partial charge in [-0.15, -0.1) is 0 Å². The molecule has 0 aliphatic rings. The number of hydrogen-bond donors (Lipinski definition) is 3. The Morgan fingerprint density at radius 3 is 2.50 bits per heavy atom. The lowest BCUT2D eigenvalue weighted by Crippen LogP contribution is -2.35. The van der Waals surface area contributed by atoms with E-state index in [0.29, 0.717) is 11.4 Å². The van der Waals surface area contributed by atoms with Crippen molar-refractivity contribution in [3.8, 4) is 0 Å². The van der Waals surface area contributed by atoms with E-state index in [2.05, 4.69) is 20.9 Å². The number of rotatable bonds is 4. The van der Waals surface area contributed by atoms with E-state index in [-0.39, 0.29) is 18.4 Å². The van der Waals surface area contributed by atoms with Gasteiger partial charge in [-0.3, -0.25) is 9.59 Å². The molecule has 2 amide bonds. The Morgan fingerprint density at radius 1 is 1.15 bits per heavy atom. The molecule has 0 bridgehead atoms. The molecule has 20 heavy (non-hydrogen) atoms. The monoisotopic (exact) mass is 272 g/mol. The van der Waals surface area contributed by atoms with Gasteiger partial charge in [-0.2, -0.15) is 0 Å². The summed E-state index contributed by atoms with van der Waals surface area (Å²) in [6, 6.07) is 7.49. The lowest BCUT2D eigenvalue weighted by molar-refractivity contribution is -0.119. The number of nitrogens with zero attached hydrogens (tertiary/aromatic N) is 1. The molecule has 0 fully saturated rings. The van der Waals surface area contributed by atoms with Crippen LogP contribution in [-0.2, 0) is 4.79 Å². The molecule has 0 atom stereocenters. The average Bonchev–Trinajstić information content (AvgIpc) is 2.51. The molecule has 0 aliphatic heterocycles. The van der Waals surface area contributed by atoms with Crippen LogP contribution in [0.5, 0.6) is 0 Å². The van der Waals surface area contributed by atoms with Gasteiger partial charge in [-0.05, 0) is 5.39 Å². The van der Waals surface area contributed by atoms with E-state index in [1.165, 1.54) is 13.2 Å². The summed E-state index contributed by atoms with van der Waals surface area (Å²) in [5.74, 6) is 0.144. The molecule has 1 aromatic heterocycles. The van der Waals surface area contributed by atoms with Crippen LogP contribution in [0.2, 0.25) is 0 Å². The van der Waals surface area contributed by atoms with Gasteiger partial charge in [0.05, 0.1) is 12.1 Å². The molecule has 6 nitrogen and oxygen atoms in total. The largest absolute Gasteiger partial charge is 0.373 e. The van der Waals surface area contributed by atoms with E-state index in [1.54, 1.807) is 7.05 Å². The van der Waals surface area contributed by atoms with Gasteiger partial charge in [-0.25, -0.2) is 4.98 Å². The Kier molecular flexibility index (Phi) is 4.14. The number of nitrogens with one attached hydrogen (secondary N) is 3. The number of aromatic nitrogens is 1. The summed E-state index contributed by atoms with van der Waals surface area (Å²) in [7, 11) is 3.30. The van der Waals surface area contributed by atoms with Gasteiger partial charge in [0.15, 0.2) is 0 Å². The Balaban J connectivity index is 2.35. The van der Waals surface area contributed by atoms with Gasteiger partial charge in [-0.1, -0.05) is 24.3 Å². The van der Waals surface area contributed by atoms with Crippen LogP contribution in [0.3, 0.4) is 0 Å². The smallest absolute Gasteiger partial charge is 0.253 e. The highest BCUT2D eigenvalue weighted by Crippen LogP contribution is 2.23. The van der Waals surface area contributed by atoms with E-state index in [9.17, 15) is 9.59 Å². The minimum absolute atomic E-state index is 0.0581. The van der Waals surface area contributed by atoms with Gasteiger partial charge in [0.2, 0.25) is 5.91 Å². The maximum Gasteiger partial charge on any atom is 0.253 e. The summed E-state index contributed by atoms with van der Waals surface area (Å²) in [4.78, 5) is 27.5. The number of pyridine rings is 1. The highest BCUT2D eigenvalue weighted by molar-refractivity contribution is 6.09. The maximum absolute atomic E-state index is 12.1. The van der Waals surface area contributed by atoms with Crippen molar-refractivity contribution in [3.63, 3.8) is 0 Å². The molecule has 0 saturated carbocycles. The number of likely N-dealkylation sites (N-methyl/N-ethyl adjacent to an activating group) is 1. The Morgan fingerprint density at radius 2 is 1.85 bits per heavy atom. The zero-order valence-corrected chi connectivity index (χ0v) is 11.4. The summed E-state index contributed by atoms with van der Waals surface area (Å²) < 4.78 is 0. The van der Waals surface area contributed by atoms with Crippen LogP contribution in [0.4, 0.5) is 5.82 Å². The number of benzene rings is 1. The predicted octanol–water partition coefficient (Wildman–Crippen LogP) is 0.752. The van der Waals surface area contributed by atoms with Crippen LogP contribution in [0.25, 0.3) is 10.8 Å². The molecule has 2 rings (SSSR count). The summed E-state index contributed by atoms with van der Waals surface area (Å²) in [6.45, 7) is -0.0581. The average molecular weight is 272 g/mol. The first-order valence-corrected chi connectivity index (χ1v) is 6.21. The molecule has 1 aromatic carbocycles. The van der Waals surface area contributed by atoms with Crippen molar-refractivity contribution in [2.45, 2.75) is 0 Å². The second-order valence-corrected chi connectivity index (χ2v) is 4.17. The van der Waals surface area contributed by atoms with Crippen molar-refractivity contribution < 1.29 is 9.59 Å². The highest BCUT2D eigenvalue weighted by atomic mass is 16.2. The number of fused-ring (bicyclic) bond motifs is 1. The molecule has 104 valence electrons. The molecule has 0 unspecified atom stereocenters. The third kappa shape index (κ3) is 2.69. The SMILES string of the molecule is CNC(=O)CNC(=O)c1cnc(NC)c2ccccc12. The second kappa shape index (κ2) is 6.01. The fraction of sp³-hybridized carbons (Fsp3) is 0.214. The third-order valence-corrected chi connectivity index (χ3v) is 2.96. The highest BCUT2D eigenvalue weighted by Gasteiger charge is 2.13. The Labute approximate surface area is 116 Å². The Hall–Kier alpha value is -2.63. The van der Waals surface area contributed by atoms with Crippen molar-refractivity contribution >= 4 is 28.4 Å². The van der Waals surface area contributed by atoms with Crippen LogP contribution in [0.1, 0.15) is 10.4 Å². The van der Waals surface area contributed by atoms with Gasteiger partial charge in [0, 0.05) is 25.7 Å².